The van der Waals surface area contributed by atoms with Crippen molar-refractivity contribution in [3.8, 4) is 0 Å². The van der Waals surface area contributed by atoms with Crippen LogP contribution in [0.15, 0.2) is 18.2 Å². The summed E-state index contributed by atoms with van der Waals surface area (Å²) < 4.78 is 0. The molecule has 0 spiro atoms. The Bertz CT molecular complexity index is 236. The van der Waals surface area contributed by atoms with Gasteiger partial charge in [-0.1, -0.05) is 37.6 Å². The molecule has 2 rings (SSSR count). The minimum absolute atomic E-state index is 1.30. The van der Waals surface area contributed by atoms with Crippen LogP contribution in [-0.4, -0.2) is 0 Å². The summed E-state index contributed by atoms with van der Waals surface area (Å²) in [5.41, 5.74) is 4.52. The van der Waals surface area contributed by atoms with Crippen LogP contribution in [0.1, 0.15) is 30.5 Å². The number of aryl methyl sites for hydroxylation is 3. The maximum atomic E-state index is 2.29. The minimum Gasteiger partial charge on any atom is -0.0683 e. The van der Waals surface area contributed by atoms with Gasteiger partial charge in [0.15, 0.2) is 0 Å². The molecule has 0 fully saturated rings. The lowest BCUT2D eigenvalue weighted by Gasteiger charge is -2.18. The van der Waals surface area contributed by atoms with E-state index in [0.717, 1.165) is 0 Å². The van der Waals surface area contributed by atoms with Crippen LogP contribution >= 0.6 is 0 Å². The maximum Gasteiger partial charge on any atom is -0.0235 e. The van der Waals surface area contributed by atoms with E-state index < -0.39 is 0 Å². The van der Waals surface area contributed by atoms with Gasteiger partial charge in [-0.2, -0.15) is 0 Å². The molecule has 1 aliphatic carbocycles. The number of hydrogen-bond donors (Lipinski definition) is 0. The quantitative estimate of drug-likeness (QED) is 0.530. The van der Waals surface area contributed by atoms with E-state index in [9.17, 15) is 0 Å². The van der Waals surface area contributed by atoms with Gasteiger partial charge in [-0.3, -0.25) is 0 Å². The van der Waals surface area contributed by atoms with Crippen molar-refractivity contribution in [2.24, 2.45) is 0 Å². The zero-order valence-electron chi connectivity index (χ0n) is 7.65. The summed E-state index contributed by atoms with van der Waals surface area (Å²) in [6.07, 6.45) is 2.60. The Balaban J connectivity index is 0.000000281. The van der Waals surface area contributed by atoms with Crippen LogP contribution in [0.2, 0.25) is 0 Å². The summed E-state index contributed by atoms with van der Waals surface area (Å²) in [5.74, 6) is 0. The molecular formula is C11H16. The first-order valence-electron chi connectivity index (χ1n) is 4.45. The van der Waals surface area contributed by atoms with Gasteiger partial charge in [0.25, 0.3) is 0 Å². The fraction of sp³-hybridized carbons (Fsp3) is 0.455. The smallest absolute Gasteiger partial charge is 0.0235 e. The molecule has 0 atom stereocenters. The topological polar surface area (TPSA) is 0 Å². The fourth-order valence-electron chi connectivity index (χ4n) is 1.32. The molecule has 0 aromatic heterocycles. The minimum atomic E-state index is 1.30. The first-order chi connectivity index (χ1) is 5.36. The molecule has 1 aromatic carbocycles. The summed E-state index contributed by atoms with van der Waals surface area (Å²) in [5, 5.41) is 0. The van der Waals surface area contributed by atoms with Crippen molar-refractivity contribution in [1.29, 1.82) is 0 Å². The molecule has 0 aliphatic heterocycles. The summed E-state index contributed by atoms with van der Waals surface area (Å²) in [6, 6.07) is 6.73. The van der Waals surface area contributed by atoms with Crippen LogP contribution in [0.4, 0.5) is 0 Å². The summed E-state index contributed by atoms with van der Waals surface area (Å²) >= 11 is 0. The summed E-state index contributed by atoms with van der Waals surface area (Å²) in [4.78, 5) is 0. The Kier molecular flexibility index (Phi) is 2.70. The van der Waals surface area contributed by atoms with Crippen molar-refractivity contribution in [3.05, 3.63) is 34.9 Å². The molecule has 0 amide bonds. The second kappa shape index (κ2) is 3.56. The zero-order valence-corrected chi connectivity index (χ0v) is 7.65. The molecule has 0 saturated carbocycles. The molecule has 60 valence electrons. The molecule has 1 aromatic rings. The highest BCUT2D eigenvalue weighted by Gasteiger charge is 2.10. The molecule has 0 N–H and O–H groups in total. The van der Waals surface area contributed by atoms with E-state index in [-0.39, 0.29) is 0 Å². The predicted octanol–water partition coefficient (Wildman–Crippen LogP) is 3.12. The molecule has 0 radical (unpaired) electrons. The van der Waals surface area contributed by atoms with Crippen molar-refractivity contribution in [1.82, 2.24) is 0 Å². The largest absolute Gasteiger partial charge is 0.0683 e. The Morgan fingerprint density at radius 1 is 1.00 bits per heavy atom. The van der Waals surface area contributed by atoms with Crippen molar-refractivity contribution in [2.45, 2.75) is 33.6 Å². The summed E-state index contributed by atoms with van der Waals surface area (Å²) in [7, 11) is 0. The highest BCUT2D eigenvalue weighted by Crippen LogP contribution is 2.22. The van der Waals surface area contributed by atoms with E-state index in [4.69, 9.17) is 0 Å². The monoisotopic (exact) mass is 148 g/mol. The standard InChI is InChI=1S/C9H10.C2H6/c1-7-2-3-8-4-5-9(8)6-7;1-2/h2-3,6H,4-5H2,1H3;1-2H3. The third kappa shape index (κ3) is 1.62. The van der Waals surface area contributed by atoms with Crippen LogP contribution in [0.3, 0.4) is 0 Å². The second-order valence-corrected chi connectivity index (χ2v) is 2.77. The van der Waals surface area contributed by atoms with E-state index in [1.165, 1.54) is 18.4 Å². The molecule has 11 heavy (non-hydrogen) atoms. The van der Waals surface area contributed by atoms with E-state index in [2.05, 4.69) is 25.1 Å². The van der Waals surface area contributed by atoms with Gasteiger partial charge >= 0.3 is 0 Å². The first-order valence-corrected chi connectivity index (χ1v) is 4.45. The van der Waals surface area contributed by atoms with E-state index in [1.807, 2.05) is 13.8 Å². The van der Waals surface area contributed by atoms with Crippen LogP contribution < -0.4 is 0 Å². The van der Waals surface area contributed by atoms with E-state index >= 15 is 0 Å². The first kappa shape index (κ1) is 8.32. The van der Waals surface area contributed by atoms with Crippen molar-refractivity contribution in [2.75, 3.05) is 0 Å². The van der Waals surface area contributed by atoms with Crippen LogP contribution in [0, 0.1) is 6.92 Å². The molecule has 0 saturated heterocycles. The lowest BCUT2D eigenvalue weighted by atomic mass is 9.88. The Hall–Kier alpha value is -0.780. The molecule has 0 unspecified atom stereocenters. The second-order valence-electron chi connectivity index (χ2n) is 2.77. The number of benzene rings is 1. The number of hydrogen-bond acceptors (Lipinski definition) is 0. The third-order valence-electron chi connectivity index (χ3n) is 2.03. The average Bonchev–Trinajstić information content (AvgIpc) is 2.01. The third-order valence-corrected chi connectivity index (χ3v) is 2.03. The lowest BCUT2D eigenvalue weighted by molar-refractivity contribution is 0.837. The summed E-state index contributed by atoms with van der Waals surface area (Å²) in [6.45, 7) is 6.15. The van der Waals surface area contributed by atoms with Crippen molar-refractivity contribution < 1.29 is 0 Å². The molecule has 0 bridgehead atoms. The Morgan fingerprint density at radius 3 is 2.00 bits per heavy atom. The van der Waals surface area contributed by atoms with Gasteiger partial charge in [-0.25, -0.2) is 0 Å². The maximum absolute atomic E-state index is 2.29. The normalized spacial score (nSPS) is 12.3. The highest BCUT2D eigenvalue weighted by atomic mass is 14.2. The molecule has 0 heteroatoms. The van der Waals surface area contributed by atoms with Gasteiger partial charge in [0.2, 0.25) is 0 Å². The lowest BCUT2D eigenvalue weighted by Crippen LogP contribution is -2.07. The predicted molar refractivity (Wildman–Crippen MR) is 49.9 cm³/mol. The Labute approximate surface area is 69.3 Å². The number of fused-ring (bicyclic) bond motifs is 1. The van der Waals surface area contributed by atoms with Crippen LogP contribution in [0.25, 0.3) is 0 Å². The average molecular weight is 148 g/mol. The van der Waals surface area contributed by atoms with Gasteiger partial charge in [0.05, 0.1) is 0 Å². The molecular weight excluding hydrogens is 132 g/mol. The van der Waals surface area contributed by atoms with Crippen LogP contribution in [0.5, 0.6) is 0 Å². The van der Waals surface area contributed by atoms with Crippen molar-refractivity contribution in [3.63, 3.8) is 0 Å². The Morgan fingerprint density at radius 2 is 1.64 bits per heavy atom. The van der Waals surface area contributed by atoms with Gasteiger partial charge in [-0.15, -0.1) is 0 Å². The van der Waals surface area contributed by atoms with E-state index in [1.54, 1.807) is 11.1 Å². The molecule has 1 aliphatic rings. The van der Waals surface area contributed by atoms with Crippen molar-refractivity contribution >= 4 is 0 Å². The molecule has 0 heterocycles. The SMILES string of the molecule is CC.Cc1ccc2c(c1)CC2. The van der Waals surface area contributed by atoms with Gasteiger partial charge in [0.1, 0.15) is 0 Å². The van der Waals surface area contributed by atoms with Gasteiger partial charge < -0.3 is 0 Å². The van der Waals surface area contributed by atoms with Gasteiger partial charge in [-0.05, 0) is 30.9 Å². The zero-order chi connectivity index (χ0) is 8.27. The van der Waals surface area contributed by atoms with E-state index in [0.29, 0.717) is 0 Å². The van der Waals surface area contributed by atoms with Crippen LogP contribution in [-0.2, 0) is 12.8 Å². The molecule has 0 nitrogen and oxygen atoms in total. The number of rotatable bonds is 0. The fourth-order valence-corrected chi connectivity index (χ4v) is 1.32. The van der Waals surface area contributed by atoms with Gasteiger partial charge in [0, 0.05) is 0 Å². The highest BCUT2D eigenvalue weighted by molar-refractivity contribution is 5.37.